The molecule has 0 bridgehead atoms. The molecule has 146 valence electrons. The van der Waals surface area contributed by atoms with E-state index >= 15 is 0 Å². The van der Waals surface area contributed by atoms with Gasteiger partial charge in [-0.05, 0) is 50.3 Å². The van der Waals surface area contributed by atoms with Crippen molar-refractivity contribution in [2.45, 2.75) is 70.4 Å². The second kappa shape index (κ2) is 8.47. The van der Waals surface area contributed by atoms with Crippen molar-refractivity contribution in [3.05, 3.63) is 41.4 Å². The van der Waals surface area contributed by atoms with Crippen molar-refractivity contribution < 1.29 is 0 Å². The summed E-state index contributed by atoms with van der Waals surface area (Å²) < 4.78 is 0. The van der Waals surface area contributed by atoms with E-state index in [1.165, 1.54) is 38.5 Å². The smallest absolute Gasteiger partial charge is 0.200 e. The number of guanidine groups is 1. The van der Waals surface area contributed by atoms with E-state index < -0.39 is 0 Å². The van der Waals surface area contributed by atoms with Crippen molar-refractivity contribution in [2.24, 2.45) is 4.99 Å². The van der Waals surface area contributed by atoms with Gasteiger partial charge in [0.25, 0.3) is 0 Å². The summed E-state index contributed by atoms with van der Waals surface area (Å²) in [7, 11) is 0. The Bertz CT molecular complexity index is 848. The molecule has 2 heterocycles. The summed E-state index contributed by atoms with van der Waals surface area (Å²) in [5, 5.41) is 20.0. The molecular formula is C22H28N6. The second-order valence-corrected chi connectivity index (χ2v) is 7.91. The van der Waals surface area contributed by atoms with E-state index in [0.29, 0.717) is 23.4 Å². The molecule has 0 spiro atoms. The third kappa shape index (κ3) is 4.19. The maximum absolute atomic E-state index is 9.90. The molecular weight excluding hydrogens is 348 g/mol. The van der Waals surface area contributed by atoms with E-state index in [9.17, 15) is 5.26 Å². The number of aliphatic imine (C=N–C) groups is 1. The maximum atomic E-state index is 9.90. The van der Waals surface area contributed by atoms with Crippen LogP contribution >= 0.6 is 0 Å². The molecule has 1 aromatic heterocycles. The molecule has 0 unspecified atom stereocenters. The Morgan fingerprint density at radius 1 is 1.18 bits per heavy atom. The molecule has 3 N–H and O–H groups in total. The monoisotopic (exact) mass is 376 g/mol. The molecule has 3 aliphatic rings. The molecule has 0 atom stereocenters. The van der Waals surface area contributed by atoms with Crippen LogP contribution in [-0.4, -0.2) is 23.0 Å². The number of rotatable bonds is 4. The van der Waals surface area contributed by atoms with Gasteiger partial charge in [-0.3, -0.25) is 0 Å². The number of pyridine rings is 1. The van der Waals surface area contributed by atoms with Gasteiger partial charge < -0.3 is 16.0 Å². The van der Waals surface area contributed by atoms with Crippen LogP contribution in [0.5, 0.6) is 0 Å². The normalized spacial score (nSPS) is 23.7. The third-order valence-electron chi connectivity index (χ3n) is 5.77. The lowest BCUT2D eigenvalue weighted by molar-refractivity contribution is 0.696. The van der Waals surface area contributed by atoms with Crippen molar-refractivity contribution in [3.63, 3.8) is 0 Å². The van der Waals surface area contributed by atoms with Crippen LogP contribution in [0.25, 0.3) is 5.57 Å². The number of nitriles is 1. The second-order valence-electron chi connectivity index (χ2n) is 7.91. The zero-order chi connectivity index (χ0) is 19.3. The SMILES string of the molecule is CC1=CNC(=NC2CCCC2)N/C1=C(/C#N)c1cccc(NC2CCCC2)n1. The van der Waals surface area contributed by atoms with Gasteiger partial charge in [0.2, 0.25) is 0 Å². The van der Waals surface area contributed by atoms with Gasteiger partial charge >= 0.3 is 0 Å². The van der Waals surface area contributed by atoms with E-state index in [1.54, 1.807) is 0 Å². The predicted molar refractivity (Wildman–Crippen MR) is 112 cm³/mol. The van der Waals surface area contributed by atoms with Gasteiger partial charge in [0, 0.05) is 12.2 Å². The van der Waals surface area contributed by atoms with E-state index in [2.05, 4.69) is 22.0 Å². The first-order valence-corrected chi connectivity index (χ1v) is 10.4. The summed E-state index contributed by atoms with van der Waals surface area (Å²) in [4.78, 5) is 9.52. The van der Waals surface area contributed by atoms with Crippen LogP contribution < -0.4 is 16.0 Å². The Hall–Kier alpha value is -2.81. The maximum Gasteiger partial charge on any atom is 0.200 e. The highest BCUT2D eigenvalue weighted by atomic mass is 15.2. The van der Waals surface area contributed by atoms with Crippen molar-refractivity contribution in [1.82, 2.24) is 15.6 Å². The molecule has 6 nitrogen and oxygen atoms in total. The Morgan fingerprint density at radius 3 is 2.68 bits per heavy atom. The van der Waals surface area contributed by atoms with Crippen LogP contribution in [0.2, 0.25) is 0 Å². The minimum absolute atomic E-state index is 0.366. The molecule has 28 heavy (non-hydrogen) atoms. The summed E-state index contributed by atoms with van der Waals surface area (Å²) in [6.07, 6.45) is 11.6. The highest BCUT2D eigenvalue weighted by Gasteiger charge is 2.21. The third-order valence-corrected chi connectivity index (χ3v) is 5.77. The largest absolute Gasteiger partial charge is 0.367 e. The topological polar surface area (TPSA) is 85.1 Å². The van der Waals surface area contributed by atoms with Crippen molar-refractivity contribution in [1.29, 1.82) is 5.26 Å². The fourth-order valence-corrected chi connectivity index (χ4v) is 4.22. The fraction of sp³-hybridized carbons (Fsp3) is 0.500. The molecule has 0 radical (unpaired) electrons. The van der Waals surface area contributed by atoms with Crippen LogP contribution in [0.15, 0.2) is 40.7 Å². The zero-order valence-corrected chi connectivity index (χ0v) is 16.5. The lowest BCUT2D eigenvalue weighted by Gasteiger charge is -2.22. The summed E-state index contributed by atoms with van der Waals surface area (Å²) >= 11 is 0. The average molecular weight is 377 g/mol. The standard InChI is InChI=1S/C22H28N6/c1-15-14-24-22(26-17-9-4-5-10-17)28-21(15)18(13-23)19-11-6-12-20(27-19)25-16-7-2-3-8-16/h6,11-12,14,16-17H,2-5,7-10H2,1H3,(H,25,27)(H2,24,26,28)/b21-18-. The molecule has 6 heteroatoms. The average Bonchev–Trinajstić information content (AvgIpc) is 3.39. The Morgan fingerprint density at radius 2 is 1.93 bits per heavy atom. The number of allylic oxidation sites excluding steroid dienone is 2. The molecule has 2 saturated carbocycles. The van der Waals surface area contributed by atoms with E-state index in [4.69, 9.17) is 9.98 Å². The van der Waals surface area contributed by atoms with Crippen LogP contribution in [0.3, 0.4) is 0 Å². The fourth-order valence-electron chi connectivity index (χ4n) is 4.22. The molecule has 0 saturated heterocycles. The zero-order valence-electron chi connectivity index (χ0n) is 16.5. The van der Waals surface area contributed by atoms with E-state index in [0.717, 1.165) is 35.9 Å². The summed E-state index contributed by atoms with van der Waals surface area (Å²) in [5.74, 6) is 1.56. The molecule has 1 aliphatic heterocycles. The van der Waals surface area contributed by atoms with E-state index in [1.807, 2.05) is 31.3 Å². The van der Waals surface area contributed by atoms with Gasteiger partial charge in [0.1, 0.15) is 17.5 Å². The van der Waals surface area contributed by atoms with Crippen LogP contribution in [0, 0.1) is 11.3 Å². The van der Waals surface area contributed by atoms with Crippen LogP contribution in [-0.2, 0) is 0 Å². The highest BCUT2D eigenvalue weighted by molar-refractivity contribution is 5.91. The first-order chi connectivity index (χ1) is 13.7. The Labute approximate surface area is 166 Å². The summed E-state index contributed by atoms with van der Waals surface area (Å²) in [6.45, 7) is 1.99. The molecule has 1 aromatic rings. The lowest BCUT2D eigenvalue weighted by atomic mass is 10.0. The van der Waals surface area contributed by atoms with Gasteiger partial charge in [-0.25, -0.2) is 9.98 Å². The molecule has 2 fully saturated rings. The van der Waals surface area contributed by atoms with E-state index in [-0.39, 0.29) is 0 Å². The number of anilines is 1. The molecule has 0 aromatic carbocycles. The molecule has 0 amide bonds. The Kier molecular flexibility index (Phi) is 5.61. The van der Waals surface area contributed by atoms with Crippen molar-refractivity contribution >= 4 is 17.4 Å². The van der Waals surface area contributed by atoms with Gasteiger partial charge in [-0.15, -0.1) is 0 Å². The van der Waals surface area contributed by atoms with Crippen LogP contribution in [0.1, 0.15) is 64.0 Å². The first kappa shape index (κ1) is 18.5. The number of hydrogen-bond acceptors (Lipinski definition) is 4. The minimum atomic E-state index is 0.366. The van der Waals surface area contributed by atoms with Crippen molar-refractivity contribution in [2.75, 3.05) is 5.32 Å². The Balaban J connectivity index is 1.60. The number of nitrogens with one attached hydrogen (secondary N) is 3. The summed E-state index contributed by atoms with van der Waals surface area (Å²) in [5.41, 5.74) is 2.98. The molecule has 2 aliphatic carbocycles. The van der Waals surface area contributed by atoms with Crippen LogP contribution in [0.4, 0.5) is 5.82 Å². The summed E-state index contributed by atoms with van der Waals surface area (Å²) in [6, 6.07) is 9.06. The lowest BCUT2D eigenvalue weighted by Crippen LogP contribution is -2.39. The van der Waals surface area contributed by atoms with Gasteiger partial charge in [-0.2, -0.15) is 5.26 Å². The quantitative estimate of drug-likeness (QED) is 0.690. The minimum Gasteiger partial charge on any atom is -0.367 e. The first-order valence-electron chi connectivity index (χ1n) is 10.4. The van der Waals surface area contributed by atoms with Gasteiger partial charge in [0.05, 0.1) is 17.4 Å². The molecule has 4 rings (SSSR count). The number of aromatic nitrogens is 1. The van der Waals surface area contributed by atoms with Gasteiger partial charge in [0.15, 0.2) is 5.96 Å². The van der Waals surface area contributed by atoms with Crippen molar-refractivity contribution in [3.8, 4) is 6.07 Å². The predicted octanol–water partition coefficient (Wildman–Crippen LogP) is 4.07. The van der Waals surface area contributed by atoms with Gasteiger partial charge in [-0.1, -0.05) is 31.7 Å². The highest BCUT2D eigenvalue weighted by Crippen LogP contribution is 2.26. The number of nitrogens with zero attached hydrogens (tertiary/aromatic N) is 3. The number of hydrogen-bond donors (Lipinski definition) is 3.